The maximum atomic E-state index is 15.0. The molecule has 1 amide bonds. The highest BCUT2D eigenvalue weighted by Crippen LogP contribution is 2.39. The molecule has 6 nitrogen and oxygen atoms in total. The van der Waals surface area contributed by atoms with Crippen molar-refractivity contribution in [3.63, 3.8) is 0 Å². The summed E-state index contributed by atoms with van der Waals surface area (Å²) in [4.78, 5) is 35.0. The number of carbonyl (C=O) groups is 2. The summed E-state index contributed by atoms with van der Waals surface area (Å²) in [5, 5.41) is 3.11. The van der Waals surface area contributed by atoms with Gasteiger partial charge < -0.3 is 10.2 Å². The van der Waals surface area contributed by atoms with Crippen LogP contribution in [0.2, 0.25) is 10.0 Å². The van der Waals surface area contributed by atoms with Crippen molar-refractivity contribution in [2.75, 3.05) is 23.3 Å². The number of carbonyl (C=O) groups excluding carboxylic acids is 2. The van der Waals surface area contributed by atoms with E-state index in [0.717, 1.165) is 19.2 Å². The van der Waals surface area contributed by atoms with Crippen molar-refractivity contribution in [3.05, 3.63) is 69.8 Å². The molecule has 2 aromatic heterocycles. The number of nitrogens with zero attached hydrogens (tertiary/aromatic N) is 3. The van der Waals surface area contributed by atoms with Crippen molar-refractivity contribution >= 4 is 46.4 Å². The Balaban J connectivity index is 1.34. The molecule has 176 valence electrons. The van der Waals surface area contributed by atoms with Gasteiger partial charge in [0.1, 0.15) is 17.4 Å². The summed E-state index contributed by atoms with van der Waals surface area (Å²) in [7, 11) is 0. The highest BCUT2D eigenvalue weighted by molar-refractivity contribution is 6.35. The third kappa shape index (κ3) is 4.47. The maximum Gasteiger partial charge on any atom is 0.257 e. The Kier molecular flexibility index (Phi) is 6.18. The molecule has 2 aliphatic rings. The number of pyridine rings is 2. The number of terminal acetylenes is 1. The zero-order valence-corrected chi connectivity index (χ0v) is 19.9. The average molecular weight is 509 g/mol. The Bertz CT molecular complexity index is 1390. The second-order valence-corrected chi connectivity index (χ2v) is 9.55. The first-order valence-electron chi connectivity index (χ1n) is 11.0. The third-order valence-corrected chi connectivity index (χ3v) is 7.09. The summed E-state index contributed by atoms with van der Waals surface area (Å²) < 4.78 is 15.0. The number of benzene rings is 1. The van der Waals surface area contributed by atoms with Crippen molar-refractivity contribution in [2.24, 2.45) is 11.8 Å². The molecule has 0 unspecified atom stereocenters. The van der Waals surface area contributed by atoms with Crippen LogP contribution < -0.4 is 10.2 Å². The van der Waals surface area contributed by atoms with Crippen molar-refractivity contribution in [1.82, 2.24) is 9.97 Å². The van der Waals surface area contributed by atoms with Crippen LogP contribution in [0.1, 0.15) is 28.8 Å². The van der Waals surface area contributed by atoms with Gasteiger partial charge in [-0.3, -0.25) is 14.6 Å². The van der Waals surface area contributed by atoms with Gasteiger partial charge in [-0.25, -0.2) is 9.37 Å². The Morgan fingerprint density at radius 1 is 1.11 bits per heavy atom. The molecule has 1 aliphatic carbocycles. The van der Waals surface area contributed by atoms with E-state index < -0.39 is 11.7 Å². The van der Waals surface area contributed by atoms with Crippen molar-refractivity contribution < 1.29 is 14.0 Å². The Labute approximate surface area is 211 Å². The minimum absolute atomic E-state index is 0.0403. The van der Waals surface area contributed by atoms with E-state index in [1.807, 2.05) is 0 Å². The molecule has 3 heterocycles. The highest BCUT2D eigenvalue weighted by Gasteiger charge is 2.41. The number of hydrogen-bond donors (Lipinski definition) is 1. The molecule has 5 rings (SSSR count). The van der Waals surface area contributed by atoms with E-state index in [4.69, 9.17) is 29.6 Å². The van der Waals surface area contributed by atoms with Gasteiger partial charge in [-0.1, -0.05) is 29.1 Å². The topological polar surface area (TPSA) is 75.2 Å². The van der Waals surface area contributed by atoms with Gasteiger partial charge in [-0.15, -0.1) is 6.42 Å². The minimum Gasteiger partial charge on any atom is -0.355 e. The van der Waals surface area contributed by atoms with Gasteiger partial charge in [0, 0.05) is 49.5 Å². The molecule has 0 bridgehead atoms. The normalized spacial score (nSPS) is 18.9. The van der Waals surface area contributed by atoms with E-state index in [1.165, 1.54) is 24.7 Å². The van der Waals surface area contributed by atoms with Crippen LogP contribution in [0.5, 0.6) is 0 Å². The molecule has 1 saturated heterocycles. The van der Waals surface area contributed by atoms with E-state index >= 15 is 0 Å². The van der Waals surface area contributed by atoms with Gasteiger partial charge >= 0.3 is 0 Å². The molecule has 35 heavy (non-hydrogen) atoms. The summed E-state index contributed by atoms with van der Waals surface area (Å²) in [5.74, 6) is 2.82. The van der Waals surface area contributed by atoms with Gasteiger partial charge in [0.2, 0.25) is 0 Å². The zero-order chi connectivity index (χ0) is 24.7. The van der Waals surface area contributed by atoms with Crippen molar-refractivity contribution in [2.45, 2.75) is 12.8 Å². The van der Waals surface area contributed by atoms with E-state index in [-0.39, 0.29) is 16.1 Å². The number of Topliss-reactive ketones (excluding diaryl/α,β-unsaturated/α-hetero) is 1. The summed E-state index contributed by atoms with van der Waals surface area (Å²) in [6.07, 6.45) is 11.1. The fourth-order valence-corrected chi connectivity index (χ4v) is 5.38. The number of aromatic nitrogens is 2. The lowest BCUT2D eigenvalue weighted by Gasteiger charge is -2.20. The van der Waals surface area contributed by atoms with Crippen LogP contribution in [0.3, 0.4) is 0 Å². The van der Waals surface area contributed by atoms with Crippen molar-refractivity contribution in [3.8, 4) is 23.5 Å². The molecule has 1 N–H and O–H groups in total. The molecule has 9 heteroatoms. The molecule has 1 aromatic carbocycles. The fourth-order valence-electron chi connectivity index (χ4n) is 4.84. The molecule has 0 spiro atoms. The van der Waals surface area contributed by atoms with Gasteiger partial charge in [0.15, 0.2) is 0 Å². The molecule has 1 saturated carbocycles. The van der Waals surface area contributed by atoms with Crippen LogP contribution >= 0.6 is 23.2 Å². The molecule has 0 radical (unpaired) electrons. The van der Waals surface area contributed by atoms with Crippen LogP contribution in [0.15, 0.2) is 42.9 Å². The first kappa shape index (κ1) is 23.3. The van der Waals surface area contributed by atoms with Crippen LogP contribution in [-0.4, -0.2) is 34.7 Å². The quantitative estimate of drug-likeness (QED) is 0.487. The zero-order valence-electron chi connectivity index (χ0n) is 18.4. The lowest BCUT2D eigenvalue weighted by atomic mass is 10.00. The molecular weight excluding hydrogens is 490 g/mol. The number of amides is 1. The second kappa shape index (κ2) is 9.29. The molecular formula is C26H19Cl2FN4O2. The first-order chi connectivity index (χ1) is 16.8. The summed E-state index contributed by atoms with van der Waals surface area (Å²) in [5.41, 5.74) is 1.35. The lowest BCUT2D eigenvalue weighted by molar-refractivity contribution is -0.117. The molecule has 1 aliphatic heterocycles. The highest BCUT2D eigenvalue weighted by atomic mass is 35.5. The van der Waals surface area contributed by atoms with E-state index in [0.29, 0.717) is 58.1 Å². The number of nitrogens with one attached hydrogen (secondary N) is 1. The average Bonchev–Trinajstić information content (AvgIpc) is 3.37. The van der Waals surface area contributed by atoms with Gasteiger partial charge in [-0.2, -0.15) is 0 Å². The predicted octanol–water partition coefficient (Wildman–Crippen LogP) is 5.24. The van der Waals surface area contributed by atoms with Crippen molar-refractivity contribution in [1.29, 1.82) is 0 Å². The summed E-state index contributed by atoms with van der Waals surface area (Å²) >= 11 is 12.8. The van der Waals surface area contributed by atoms with Gasteiger partial charge in [0.25, 0.3) is 5.91 Å². The Hall–Kier alpha value is -3.47. The minimum atomic E-state index is -0.646. The standard InChI is InChI=1S/C26H19Cl2FN4O2/c1-2-14-10-30-4-3-19(14)20-8-22(27)21(9-24(20)29)26(35)32-17-7-23(28)25(31-11-17)33-12-15-5-18(34)6-16(15)13-33/h1,3-4,7-11,15-16H,5-6,12-13H2,(H,32,35)/t15-,16+. The second-order valence-electron chi connectivity index (χ2n) is 8.73. The Morgan fingerprint density at radius 3 is 2.54 bits per heavy atom. The van der Waals surface area contributed by atoms with E-state index in [9.17, 15) is 14.0 Å². The number of halogens is 3. The van der Waals surface area contributed by atoms with Crippen LogP contribution in [0.4, 0.5) is 15.9 Å². The monoisotopic (exact) mass is 508 g/mol. The predicted molar refractivity (Wildman–Crippen MR) is 133 cm³/mol. The number of rotatable bonds is 4. The number of anilines is 2. The summed E-state index contributed by atoms with van der Waals surface area (Å²) in [6, 6.07) is 5.62. The first-order valence-corrected chi connectivity index (χ1v) is 11.7. The van der Waals surface area contributed by atoms with Gasteiger partial charge in [0.05, 0.1) is 33.1 Å². The molecule has 3 aromatic rings. The number of hydrogen-bond acceptors (Lipinski definition) is 5. The van der Waals surface area contributed by atoms with E-state index in [2.05, 4.69) is 26.1 Å². The largest absolute Gasteiger partial charge is 0.355 e. The Morgan fingerprint density at radius 2 is 1.86 bits per heavy atom. The van der Waals surface area contributed by atoms with Crippen LogP contribution in [-0.2, 0) is 4.79 Å². The smallest absolute Gasteiger partial charge is 0.257 e. The lowest BCUT2D eigenvalue weighted by Crippen LogP contribution is -2.23. The van der Waals surface area contributed by atoms with E-state index in [1.54, 1.807) is 12.1 Å². The van der Waals surface area contributed by atoms with Gasteiger partial charge in [-0.05, 0) is 36.1 Å². The maximum absolute atomic E-state index is 15.0. The SMILES string of the molecule is C#Cc1cnccc1-c1cc(Cl)c(C(=O)Nc2cnc(N3C[C@H]4CC(=O)C[C@H]4C3)c(Cl)c2)cc1F. The number of fused-ring (bicyclic) bond motifs is 1. The summed E-state index contributed by atoms with van der Waals surface area (Å²) in [6.45, 7) is 1.46. The third-order valence-electron chi connectivity index (χ3n) is 6.50. The molecule has 2 atom stereocenters. The van der Waals surface area contributed by atoms with Crippen LogP contribution in [0.25, 0.3) is 11.1 Å². The number of ketones is 1. The fraction of sp³-hybridized carbons (Fsp3) is 0.231. The molecule has 2 fully saturated rings. The van der Waals surface area contributed by atoms with Crippen LogP contribution in [0, 0.1) is 30.0 Å².